The number of carbonyl (C=O) groups is 2. The van der Waals surface area contributed by atoms with Crippen molar-refractivity contribution in [2.75, 3.05) is 11.9 Å². The fraction of sp³-hybridized carbons (Fsp3) is 0.375. The van der Waals surface area contributed by atoms with Crippen LogP contribution in [-0.4, -0.2) is 38.4 Å². The highest BCUT2D eigenvalue weighted by atomic mass is 16.2. The molecular formula is C16H19N5O2. The number of hydrogen-bond donors (Lipinski definition) is 2. The average Bonchev–Trinajstić information content (AvgIpc) is 3.08. The topological polar surface area (TPSA) is 91.0 Å². The van der Waals surface area contributed by atoms with E-state index in [2.05, 4.69) is 20.5 Å². The van der Waals surface area contributed by atoms with Gasteiger partial charge in [-0.3, -0.25) is 14.7 Å². The zero-order chi connectivity index (χ0) is 16.2. The summed E-state index contributed by atoms with van der Waals surface area (Å²) in [7, 11) is 0. The number of piperidine rings is 1. The lowest BCUT2D eigenvalue weighted by atomic mass is 9.98. The van der Waals surface area contributed by atoms with Crippen molar-refractivity contribution in [2.24, 2.45) is 0 Å². The molecule has 0 aromatic carbocycles. The van der Waals surface area contributed by atoms with Crippen LogP contribution in [0.15, 0.2) is 30.6 Å². The molecule has 2 N–H and O–H groups in total. The minimum Gasteiger partial charge on any atom is -0.330 e. The minimum absolute atomic E-state index is 0.0103. The lowest BCUT2D eigenvalue weighted by Gasteiger charge is -2.35. The van der Waals surface area contributed by atoms with E-state index in [1.165, 1.54) is 13.1 Å². The quantitative estimate of drug-likeness (QED) is 0.908. The Bertz CT molecular complexity index is 698. The number of amides is 2. The van der Waals surface area contributed by atoms with Gasteiger partial charge in [0.1, 0.15) is 5.82 Å². The van der Waals surface area contributed by atoms with Crippen molar-refractivity contribution in [1.29, 1.82) is 0 Å². The molecule has 120 valence electrons. The van der Waals surface area contributed by atoms with Crippen LogP contribution < -0.4 is 5.32 Å². The first-order valence-electron chi connectivity index (χ1n) is 7.69. The molecule has 1 aliphatic rings. The summed E-state index contributed by atoms with van der Waals surface area (Å²) in [6, 6.07) is 5.20. The summed E-state index contributed by atoms with van der Waals surface area (Å²) < 4.78 is 0. The van der Waals surface area contributed by atoms with Crippen molar-refractivity contribution in [2.45, 2.75) is 32.2 Å². The Labute approximate surface area is 134 Å². The third-order valence-corrected chi connectivity index (χ3v) is 3.96. The van der Waals surface area contributed by atoms with Crippen molar-refractivity contribution in [3.63, 3.8) is 0 Å². The number of carbonyl (C=O) groups excluding carboxylic acids is 2. The van der Waals surface area contributed by atoms with Crippen molar-refractivity contribution in [3.05, 3.63) is 41.9 Å². The van der Waals surface area contributed by atoms with E-state index in [4.69, 9.17) is 0 Å². The molecule has 1 atom stereocenters. The van der Waals surface area contributed by atoms with Crippen LogP contribution in [0.4, 0.5) is 5.82 Å². The fourth-order valence-electron chi connectivity index (χ4n) is 2.93. The number of hydrogen-bond acceptors (Lipinski definition) is 4. The number of pyridine rings is 1. The van der Waals surface area contributed by atoms with Crippen LogP contribution in [0.2, 0.25) is 0 Å². The summed E-state index contributed by atoms with van der Waals surface area (Å²) in [5, 5.41) is 9.56. The molecule has 1 fully saturated rings. The highest BCUT2D eigenvalue weighted by Crippen LogP contribution is 2.31. The second-order valence-corrected chi connectivity index (χ2v) is 5.63. The van der Waals surface area contributed by atoms with E-state index in [1.54, 1.807) is 18.3 Å². The van der Waals surface area contributed by atoms with Crippen LogP contribution in [0.5, 0.6) is 0 Å². The zero-order valence-corrected chi connectivity index (χ0v) is 13.0. The third-order valence-electron chi connectivity index (χ3n) is 3.96. The number of nitrogens with one attached hydrogen (secondary N) is 2. The van der Waals surface area contributed by atoms with Gasteiger partial charge in [-0.2, -0.15) is 5.10 Å². The normalized spacial score (nSPS) is 17.8. The molecule has 2 aromatic heterocycles. The van der Waals surface area contributed by atoms with Crippen LogP contribution >= 0.6 is 0 Å². The largest absolute Gasteiger partial charge is 0.330 e. The zero-order valence-electron chi connectivity index (χ0n) is 13.0. The highest BCUT2D eigenvalue weighted by Gasteiger charge is 2.29. The van der Waals surface area contributed by atoms with E-state index < -0.39 is 0 Å². The summed E-state index contributed by atoms with van der Waals surface area (Å²) in [4.78, 5) is 30.0. The molecule has 0 saturated carbocycles. The van der Waals surface area contributed by atoms with Crippen LogP contribution in [0.25, 0.3) is 0 Å². The Hall–Kier alpha value is -2.70. The first kappa shape index (κ1) is 15.2. The van der Waals surface area contributed by atoms with Crippen LogP contribution in [-0.2, 0) is 4.79 Å². The standard InChI is InChI=1S/C16H19N5O2/c1-11(22)19-15-10-12(5-7-17-15)16(23)21-9-3-2-4-14(21)13-6-8-18-20-13/h5-8,10,14H,2-4,9H2,1H3,(H,18,20)(H,17,19,22). The van der Waals surface area contributed by atoms with Crippen LogP contribution in [0.1, 0.15) is 48.3 Å². The van der Waals surface area contributed by atoms with Gasteiger partial charge in [-0.1, -0.05) is 0 Å². The second kappa shape index (κ2) is 6.60. The van der Waals surface area contributed by atoms with Gasteiger partial charge in [0.25, 0.3) is 5.91 Å². The summed E-state index contributed by atoms with van der Waals surface area (Å²) in [5.74, 6) is 0.118. The smallest absolute Gasteiger partial charge is 0.254 e. The number of anilines is 1. The Morgan fingerprint density at radius 1 is 1.30 bits per heavy atom. The molecule has 3 rings (SSSR count). The maximum Gasteiger partial charge on any atom is 0.254 e. The predicted molar refractivity (Wildman–Crippen MR) is 84.8 cm³/mol. The van der Waals surface area contributed by atoms with Gasteiger partial charge in [0.05, 0.1) is 11.7 Å². The maximum absolute atomic E-state index is 12.9. The molecule has 0 aliphatic carbocycles. The van der Waals surface area contributed by atoms with Crippen molar-refractivity contribution in [3.8, 4) is 0 Å². The van der Waals surface area contributed by atoms with E-state index in [-0.39, 0.29) is 17.9 Å². The molecule has 0 spiro atoms. The molecule has 1 unspecified atom stereocenters. The molecule has 2 aromatic rings. The Kier molecular flexibility index (Phi) is 4.36. The molecule has 2 amide bonds. The van der Waals surface area contributed by atoms with Crippen LogP contribution in [0.3, 0.4) is 0 Å². The number of aromatic nitrogens is 3. The number of H-pyrrole nitrogens is 1. The van der Waals surface area contributed by atoms with Crippen molar-refractivity contribution >= 4 is 17.6 Å². The van der Waals surface area contributed by atoms with Crippen molar-refractivity contribution in [1.82, 2.24) is 20.1 Å². The second-order valence-electron chi connectivity index (χ2n) is 5.63. The lowest BCUT2D eigenvalue weighted by Crippen LogP contribution is -2.38. The van der Waals surface area contributed by atoms with Crippen molar-refractivity contribution < 1.29 is 9.59 Å². The Morgan fingerprint density at radius 3 is 2.91 bits per heavy atom. The number of aromatic amines is 1. The van der Waals surface area contributed by atoms with E-state index in [0.29, 0.717) is 17.9 Å². The summed E-state index contributed by atoms with van der Waals surface area (Å²) in [6.07, 6.45) is 6.22. The Balaban J connectivity index is 1.84. The summed E-state index contributed by atoms with van der Waals surface area (Å²) in [6.45, 7) is 2.12. The van der Waals surface area contributed by atoms with E-state index in [1.807, 2.05) is 11.0 Å². The van der Waals surface area contributed by atoms with Gasteiger partial charge < -0.3 is 10.2 Å². The Morgan fingerprint density at radius 2 is 2.17 bits per heavy atom. The molecule has 3 heterocycles. The maximum atomic E-state index is 12.9. The highest BCUT2D eigenvalue weighted by molar-refractivity contribution is 5.96. The summed E-state index contributed by atoms with van der Waals surface area (Å²) in [5.41, 5.74) is 1.48. The van der Waals surface area contributed by atoms with Gasteiger partial charge in [-0.25, -0.2) is 4.98 Å². The fourth-order valence-corrected chi connectivity index (χ4v) is 2.93. The number of likely N-dealkylation sites (tertiary alicyclic amines) is 1. The number of rotatable bonds is 3. The number of nitrogens with zero attached hydrogens (tertiary/aromatic N) is 3. The van der Waals surface area contributed by atoms with Gasteiger partial charge in [0, 0.05) is 31.4 Å². The first-order chi connectivity index (χ1) is 11.1. The molecular weight excluding hydrogens is 294 g/mol. The third kappa shape index (κ3) is 3.39. The predicted octanol–water partition coefficient (Wildman–Crippen LogP) is 2.13. The minimum atomic E-state index is -0.213. The molecule has 1 aliphatic heterocycles. The molecule has 1 saturated heterocycles. The average molecular weight is 313 g/mol. The molecule has 7 heteroatoms. The monoisotopic (exact) mass is 313 g/mol. The van der Waals surface area contributed by atoms with Gasteiger partial charge in [0.15, 0.2) is 0 Å². The molecule has 0 radical (unpaired) electrons. The van der Waals surface area contributed by atoms with Gasteiger partial charge in [-0.05, 0) is 37.5 Å². The van der Waals surface area contributed by atoms with E-state index >= 15 is 0 Å². The van der Waals surface area contributed by atoms with Gasteiger partial charge >= 0.3 is 0 Å². The molecule has 7 nitrogen and oxygen atoms in total. The summed E-state index contributed by atoms with van der Waals surface area (Å²) >= 11 is 0. The van der Waals surface area contributed by atoms with Crippen LogP contribution in [0, 0.1) is 0 Å². The first-order valence-corrected chi connectivity index (χ1v) is 7.69. The molecule has 23 heavy (non-hydrogen) atoms. The molecule has 0 bridgehead atoms. The SMILES string of the molecule is CC(=O)Nc1cc(C(=O)N2CCCCC2c2ccn[nH]2)ccn1. The van der Waals surface area contributed by atoms with E-state index in [9.17, 15) is 9.59 Å². The van der Waals surface area contributed by atoms with E-state index in [0.717, 1.165) is 25.0 Å². The lowest BCUT2D eigenvalue weighted by molar-refractivity contribution is -0.114. The van der Waals surface area contributed by atoms with Gasteiger partial charge in [0.2, 0.25) is 5.91 Å². The van der Waals surface area contributed by atoms with Gasteiger partial charge in [-0.15, -0.1) is 0 Å².